The smallest absolute Gasteiger partial charge is 0.169 e. The van der Waals surface area contributed by atoms with Crippen LogP contribution in [0.2, 0.25) is 0 Å². The number of hydrogen-bond acceptors (Lipinski definition) is 3. The number of aliphatic hydroxyl groups excluding tert-OH is 1. The van der Waals surface area contributed by atoms with Crippen LogP contribution in [0.15, 0.2) is 33.4 Å². The molecule has 1 N–H and O–H groups in total. The number of aryl methyl sites for hydroxylation is 2. The van der Waals surface area contributed by atoms with Crippen molar-refractivity contribution >= 4 is 15.9 Å². The predicted octanol–water partition coefficient (Wildman–Crippen LogP) is 3.75. The van der Waals surface area contributed by atoms with Crippen molar-refractivity contribution in [2.24, 2.45) is 0 Å². The van der Waals surface area contributed by atoms with E-state index in [9.17, 15) is 5.11 Å². The van der Waals surface area contributed by atoms with Gasteiger partial charge in [-0.2, -0.15) is 0 Å². The molecule has 0 amide bonds. The van der Waals surface area contributed by atoms with Gasteiger partial charge in [-0.1, -0.05) is 0 Å². The fourth-order valence-electron chi connectivity index (χ4n) is 2.10. The average Bonchev–Trinajstić information content (AvgIpc) is 2.74. The normalized spacial score (nSPS) is 12.5. The number of halogens is 1. The van der Waals surface area contributed by atoms with E-state index >= 15 is 0 Å². The van der Waals surface area contributed by atoms with Crippen LogP contribution in [0.1, 0.15) is 28.6 Å². The molecule has 96 valence electrons. The number of rotatable bonds is 3. The predicted molar refractivity (Wildman–Crippen MR) is 72.9 cm³/mol. The maximum absolute atomic E-state index is 10.3. The fraction of sp³-hybridized carbons (Fsp3) is 0.286. The molecule has 0 radical (unpaired) electrons. The third-order valence-electron chi connectivity index (χ3n) is 2.87. The molecule has 0 saturated carbocycles. The van der Waals surface area contributed by atoms with Crippen LogP contribution in [0.4, 0.5) is 0 Å². The Balaban J connectivity index is 2.40. The molecule has 0 fully saturated rings. The molecule has 2 aromatic rings. The van der Waals surface area contributed by atoms with Crippen LogP contribution in [-0.2, 0) is 0 Å². The number of hydrogen-bond donors (Lipinski definition) is 1. The van der Waals surface area contributed by atoms with Gasteiger partial charge in [0.2, 0.25) is 0 Å². The lowest BCUT2D eigenvalue weighted by molar-refractivity contribution is 0.187. The Morgan fingerprint density at radius 3 is 2.28 bits per heavy atom. The fourth-order valence-corrected chi connectivity index (χ4v) is 2.42. The van der Waals surface area contributed by atoms with Crippen LogP contribution in [0.3, 0.4) is 0 Å². The highest BCUT2D eigenvalue weighted by atomic mass is 79.9. The minimum atomic E-state index is -0.764. The molecule has 0 aliphatic heterocycles. The zero-order valence-electron chi connectivity index (χ0n) is 10.5. The molecule has 0 bridgehead atoms. The highest BCUT2D eigenvalue weighted by molar-refractivity contribution is 9.10. The van der Waals surface area contributed by atoms with Crippen molar-refractivity contribution in [2.45, 2.75) is 20.0 Å². The lowest BCUT2D eigenvalue weighted by Gasteiger charge is -2.14. The van der Waals surface area contributed by atoms with Gasteiger partial charge in [0.25, 0.3) is 0 Å². The van der Waals surface area contributed by atoms with Crippen LogP contribution < -0.4 is 4.74 Å². The first-order chi connectivity index (χ1) is 8.52. The second-order valence-corrected chi connectivity index (χ2v) is 5.01. The van der Waals surface area contributed by atoms with Gasteiger partial charge in [0.1, 0.15) is 17.6 Å². The molecule has 0 aliphatic rings. The Labute approximate surface area is 115 Å². The van der Waals surface area contributed by atoms with Gasteiger partial charge >= 0.3 is 0 Å². The molecular weight excluding hydrogens is 296 g/mol. The molecule has 1 aromatic heterocycles. The summed E-state index contributed by atoms with van der Waals surface area (Å²) in [5.41, 5.74) is 2.79. The summed E-state index contributed by atoms with van der Waals surface area (Å²) in [6, 6.07) is 7.34. The Kier molecular flexibility index (Phi) is 3.78. The van der Waals surface area contributed by atoms with E-state index in [-0.39, 0.29) is 0 Å². The Morgan fingerprint density at radius 1 is 1.22 bits per heavy atom. The summed E-state index contributed by atoms with van der Waals surface area (Å²) in [7, 11) is 1.65. The maximum Gasteiger partial charge on any atom is 0.169 e. The van der Waals surface area contributed by atoms with Crippen LogP contribution >= 0.6 is 15.9 Å². The first kappa shape index (κ1) is 13.2. The summed E-state index contributed by atoms with van der Waals surface area (Å²) < 4.78 is 11.3. The van der Waals surface area contributed by atoms with Gasteiger partial charge in [0, 0.05) is 0 Å². The molecule has 1 unspecified atom stereocenters. The summed E-state index contributed by atoms with van der Waals surface area (Å²) in [6.07, 6.45) is -0.764. The average molecular weight is 311 g/mol. The topological polar surface area (TPSA) is 42.6 Å². The first-order valence-corrected chi connectivity index (χ1v) is 6.40. The monoisotopic (exact) mass is 310 g/mol. The van der Waals surface area contributed by atoms with E-state index in [2.05, 4.69) is 15.9 Å². The number of aliphatic hydroxyl groups is 1. The van der Waals surface area contributed by atoms with Crippen molar-refractivity contribution in [3.05, 3.63) is 51.4 Å². The number of ether oxygens (including phenoxy) is 1. The molecule has 18 heavy (non-hydrogen) atoms. The van der Waals surface area contributed by atoms with Crippen LogP contribution in [-0.4, -0.2) is 12.2 Å². The lowest BCUT2D eigenvalue weighted by Crippen LogP contribution is -2.01. The lowest BCUT2D eigenvalue weighted by atomic mass is 10.0. The molecule has 1 heterocycles. The third kappa shape index (κ3) is 2.44. The van der Waals surface area contributed by atoms with Gasteiger partial charge in [0.05, 0.1) is 7.11 Å². The summed E-state index contributed by atoms with van der Waals surface area (Å²) in [6.45, 7) is 3.92. The summed E-state index contributed by atoms with van der Waals surface area (Å²) >= 11 is 3.23. The van der Waals surface area contributed by atoms with Crippen molar-refractivity contribution in [2.75, 3.05) is 7.11 Å². The quantitative estimate of drug-likeness (QED) is 0.939. The summed E-state index contributed by atoms with van der Waals surface area (Å²) in [5, 5.41) is 10.3. The van der Waals surface area contributed by atoms with Crippen LogP contribution in [0, 0.1) is 13.8 Å². The molecule has 4 heteroatoms. The van der Waals surface area contributed by atoms with Crippen LogP contribution in [0.5, 0.6) is 5.75 Å². The maximum atomic E-state index is 10.3. The number of methoxy groups -OCH3 is 1. The molecule has 3 nitrogen and oxygen atoms in total. The molecular formula is C14H15BrO3. The highest BCUT2D eigenvalue weighted by Gasteiger charge is 2.16. The van der Waals surface area contributed by atoms with E-state index in [4.69, 9.17) is 9.15 Å². The number of furan rings is 1. The molecule has 0 spiro atoms. The van der Waals surface area contributed by atoms with Gasteiger partial charge in [-0.3, -0.25) is 0 Å². The zero-order chi connectivity index (χ0) is 13.3. The van der Waals surface area contributed by atoms with Crippen molar-refractivity contribution in [1.82, 2.24) is 0 Å². The van der Waals surface area contributed by atoms with Gasteiger partial charge in [-0.15, -0.1) is 0 Å². The Hall–Kier alpha value is -1.26. The summed E-state index contributed by atoms with van der Waals surface area (Å²) in [5.74, 6) is 1.37. The third-order valence-corrected chi connectivity index (χ3v) is 3.29. The van der Waals surface area contributed by atoms with Gasteiger partial charge < -0.3 is 14.3 Å². The molecule has 2 rings (SSSR count). The van der Waals surface area contributed by atoms with Crippen molar-refractivity contribution < 1.29 is 14.3 Å². The van der Waals surface area contributed by atoms with E-state index in [1.54, 1.807) is 19.2 Å². The van der Waals surface area contributed by atoms with Crippen molar-refractivity contribution in [1.29, 1.82) is 0 Å². The largest absolute Gasteiger partial charge is 0.496 e. The molecule has 1 atom stereocenters. The molecule has 1 aromatic carbocycles. The van der Waals surface area contributed by atoms with Crippen LogP contribution in [0.25, 0.3) is 0 Å². The SMILES string of the molecule is COc1c(C)cc(C(O)c2ccc(Br)o2)cc1C. The standard InChI is InChI=1S/C14H15BrO3/c1-8-6-10(7-9(2)14(8)17-3)13(16)11-4-5-12(15)18-11/h4-7,13,16H,1-3H3. The molecule has 0 saturated heterocycles. The minimum Gasteiger partial charge on any atom is -0.496 e. The number of benzene rings is 1. The van der Waals surface area contributed by atoms with Gasteiger partial charge in [-0.05, 0) is 70.7 Å². The first-order valence-electron chi connectivity index (χ1n) is 5.61. The molecule has 0 aliphatic carbocycles. The van der Waals surface area contributed by atoms with E-state index in [1.807, 2.05) is 26.0 Å². The van der Waals surface area contributed by atoms with E-state index in [1.165, 1.54) is 0 Å². The Morgan fingerprint density at radius 2 is 1.83 bits per heavy atom. The van der Waals surface area contributed by atoms with E-state index < -0.39 is 6.10 Å². The van der Waals surface area contributed by atoms with Gasteiger partial charge in [0.15, 0.2) is 4.67 Å². The highest BCUT2D eigenvalue weighted by Crippen LogP contribution is 2.31. The van der Waals surface area contributed by atoms with E-state index in [0.29, 0.717) is 10.4 Å². The van der Waals surface area contributed by atoms with Crippen molar-refractivity contribution in [3.63, 3.8) is 0 Å². The minimum absolute atomic E-state index is 0.519. The van der Waals surface area contributed by atoms with Gasteiger partial charge in [-0.25, -0.2) is 0 Å². The zero-order valence-corrected chi connectivity index (χ0v) is 12.1. The second-order valence-electron chi connectivity index (χ2n) is 4.23. The second kappa shape index (κ2) is 5.16. The Bertz CT molecular complexity index is 537. The summed E-state index contributed by atoms with van der Waals surface area (Å²) in [4.78, 5) is 0. The van der Waals surface area contributed by atoms with E-state index in [0.717, 1.165) is 22.4 Å². The van der Waals surface area contributed by atoms with Crippen molar-refractivity contribution in [3.8, 4) is 5.75 Å².